The Bertz CT molecular complexity index is 431. The van der Waals surface area contributed by atoms with Gasteiger partial charge in [0.05, 0.1) is 5.54 Å². The molecule has 0 spiro atoms. The number of likely N-dealkylation sites (N-methyl/N-ethyl adjacent to an activating group) is 1. The lowest BCUT2D eigenvalue weighted by atomic mass is 9.82. The quantitative estimate of drug-likeness (QED) is 0.868. The first-order chi connectivity index (χ1) is 9.56. The minimum Gasteiger partial charge on any atom is -0.386 e. The number of pyridine rings is 1. The van der Waals surface area contributed by atoms with Crippen LogP contribution in [0.2, 0.25) is 0 Å². The molecule has 1 heterocycles. The number of aryl methyl sites for hydroxylation is 1. The highest BCUT2D eigenvalue weighted by Gasteiger charge is 2.46. The van der Waals surface area contributed by atoms with Gasteiger partial charge in [0.15, 0.2) is 0 Å². The van der Waals surface area contributed by atoms with Crippen LogP contribution in [0.25, 0.3) is 0 Å². The fraction of sp³-hybridized carbons (Fsp3) is 0.688. The van der Waals surface area contributed by atoms with Crippen molar-refractivity contribution >= 4 is 5.82 Å². The number of rotatable bonds is 5. The van der Waals surface area contributed by atoms with Crippen LogP contribution < -0.4 is 5.73 Å². The van der Waals surface area contributed by atoms with Crippen LogP contribution in [-0.2, 0) is 0 Å². The Morgan fingerprint density at radius 1 is 1.35 bits per heavy atom. The smallest absolute Gasteiger partial charge is 0.129 e. The van der Waals surface area contributed by atoms with Gasteiger partial charge >= 0.3 is 0 Å². The molecule has 1 aliphatic rings. The first-order valence-electron chi connectivity index (χ1n) is 7.71. The maximum atomic E-state index is 11.1. The molecule has 1 aromatic rings. The highest BCUT2D eigenvalue weighted by atomic mass is 16.3. The van der Waals surface area contributed by atoms with Gasteiger partial charge in [-0.05, 0) is 44.5 Å². The average molecular weight is 277 g/mol. The van der Waals surface area contributed by atoms with E-state index in [1.54, 1.807) is 6.20 Å². The first-order valence-corrected chi connectivity index (χ1v) is 7.71. The molecule has 112 valence electrons. The van der Waals surface area contributed by atoms with Gasteiger partial charge in [-0.15, -0.1) is 0 Å². The number of hydrogen-bond donors (Lipinski definition) is 2. The Balaban J connectivity index is 2.44. The minimum atomic E-state index is -0.557. The predicted octanol–water partition coefficient (Wildman–Crippen LogP) is 2.66. The molecular weight excluding hydrogens is 250 g/mol. The van der Waals surface area contributed by atoms with Crippen LogP contribution in [0.1, 0.15) is 56.8 Å². The van der Waals surface area contributed by atoms with Crippen molar-refractivity contribution in [3.05, 3.63) is 23.4 Å². The van der Waals surface area contributed by atoms with E-state index >= 15 is 0 Å². The standard InChI is InChI=1S/C16H27N3O/c1-4-19(5-2)16(9-6-7-10-16)14(20)13-12(3)8-11-18-15(13)17/h8,11,14,20H,4-7,9-10H2,1-3H3,(H2,17,18). The summed E-state index contributed by atoms with van der Waals surface area (Å²) in [6.45, 7) is 8.23. The fourth-order valence-corrected chi connectivity index (χ4v) is 3.82. The largest absolute Gasteiger partial charge is 0.386 e. The maximum absolute atomic E-state index is 11.1. The van der Waals surface area contributed by atoms with E-state index in [4.69, 9.17) is 5.73 Å². The summed E-state index contributed by atoms with van der Waals surface area (Å²) in [6.07, 6.45) is 5.56. The van der Waals surface area contributed by atoms with E-state index in [9.17, 15) is 5.11 Å². The number of aliphatic hydroxyl groups is 1. The molecule has 2 rings (SSSR count). The summed E-state index contributed by atoms with van der Waals surface area (Å²) in [7, 11) is 0. The van der Waals surface area contributed by atoms with Gasteiger partial charge in [0.25, 0.3) is 0 Å². The summed E-state index contributed by atoms with van der Waals surface area (Å²) in [5.74, 6) is 0.468. The SMILES string of the molecule is CCN(CC)C1(C(O)c2c(C)ccnc2N)CCCC1. The molecule has 1 fully saturated rings. The van der Waals surface area contributed by atoms with E-state index < -0.39 is 6.10 Å². The van der Waals surface area contributed by atoms with Crippen LogP contribution in [-0.4, -0.2) is 33.6 Å². The Hall–Kier alpha value is -1.13. The highest BCUT2D eigenvalue weighted by Crippen LogP contribution is 2.46. The van der Waals surface area contributed by atoms with Gasteiger partial charge in [-0.25, -0.2) is 4.98 Å². The number of nitrogens with zero attached hydrogens (tertiary/aromatic N) is 2. The van der Waals surface area contributed by atoms with Crippen molar-refractivity contribution < 1.29 is 5.11 Å². The van der Waals surface area contributed by atoms with Crippen molar-refractivity contribution in [2.45, 2.75) is 58.1 Å². The van der Waals surface area contributed by atoms with Gasteiger partial charge < -0.3 is 10.8 Å². The second-order valence-electron chi connectivity index (χ2n) is 5.81. The van der Waals surface area contributed by atoms with E-state index in [-0.39, 0.29) is 5.54 Å². The van der Waals surface area contributed by atoms with Crippen molar-refractivity contribution in [2.24, 2.45) is 0 Å². The van der Waals surface area contributed by atoms with E-state index in [0.29, 0.717) is 5.82 Å². The van der Waals surface area contributed by atoms with Gasteiger partial charge in [0.2, 0.25) is 0 Å². The number of aromatic nitrogens is 1. The molecule has 0 amide bonds. The molecule has 0 bridgehead atoms. The Morgan fingerprint density at radius 2 is 1.95 bits per heavy atom. The minimum absolute atomic E-state index is 0.175. The van der Waals surface area contributed by atoms with E-state index in [0.717, 1.165) is 37.1 Å². The van der Waals surface area contributed by atoms with Crippen LogP contribution in [0.5, 0.6) is 0 Å². The summed E-state index contributed by atoms with van der Waals surface area (Å²) in [5.41, 5.74) is 7.72. The summed E-state index contributed by atoms with van der Waals surface area (Å²) in [6, 6.07) is 1.93. The normalized spacial score (nSPS) is 19.4. The van der Waals surface area contributed by atoms with Crippen LogP contribution in [0.4, 0.5) is 5.82 Å². The van der Waals surface area contributed by atoms with Crippen molar-refractivity contribution in [3.8, 4) is 0 Å². The summed E-state index contributed by atoms with van der Waals surface area (Å²) >= 11 is 0. The topological polar surface area (TPSA) is 62.4 Å². The molecule has 0 aliphatic heterocycles. The zero-order valence-electron chi connectivity index (χ0n) is 12.9. The number of nitrogen functional groups attached to an aromatic ring is 1. The number of hydrogen-bond acceptors (Lipinski definition) is 4. The molecule has 0 saturated heterocycles. The van der Waals surface area contributed by atoms with Gasteiger partial charge in [0.1, 0.15) is 11.9 Å². The average Bonchev–Trinajstić information content (AvgIpc) is 2.90. The molecule has 1 atom stereocenters. The molecule has 1 unspecified atom stereocenters. The number of anilines is 1. The Labute approximate surface area is 122 Å². The zero-order valence-corrected chi connectivity index (χ0v) is 12.9. The van der Waals surface area contributed by atoms with E-state index in [1.165, 1.54) is 12.8 Å². The molecule has 20 heavy (non-hydrogen) atoms. The molecule has 1 saturated carbocycles. The Kier molecular flexibility index (Phi) is 4.66. The van der Waals surface area contributed by atoms with Crippen molar-refractivity contribution in [1.29, 1.82) is 0 Å². The van der Waals surface area contributed by atoms with Gasteiger partial charge in [-0.2, -0.15) is 0 Å². The molecule has 1 aliphatic carbocycles. The molecule has 4 nitrogen and oxygen atoms in total. The van der Waals surface area contributed by atoms with E-state index in [1.807, 2.05) is 13.0 Å². The van der Waals surface area contributed by atoms with Crippen LogP contribution >= 0.6 is 0 Å². The lowest BCUT2D eigenvalue weighted by Crippen LogP contribution is -2.51. The third-order valence-corrected chi connectivity index (χ3v) is 4.88. The van der Waals surface area contributed by atoms with Gasteiger partial charge in [-0.1, -0.05) is 26.7 Å². The predicted molar refractivity (Wildman–Crippen MR) is 82.5 cm³/mol. The number of aliphatic hydroxyl groups excluding tert-OH is 1. The molecule has 1 aromatic heterocycles. The molecule has 4 heteroatoms. The van der Waals surface area contributed by atoms with Crippen LogP contribution in [0, 0.1) is 6.92 Å². The zero-order chi connectivity index (χ0) is 14.8. The molecular formula is C16H27N3O. The highest BCUT2D eigenvalue weighted by molar-refractivity contribution is 5.46. The molecule has 3 N–H and O–H groups in total. The van der Waals surface area contributed by atoms with Gasteiger partial charge in [0, 0.05) is 11.8 Å². The summed E-state index contributed by atoms with van der Waals surface area (Å²) in [5, 5.41) is 11.1. The number of nitrogens with two attached hydrogens (primary N) is 1. The van der Waals surface area contributed by atoms with Crippen molar-refractivity contribution in [1.82, 2.24) is 9.88 Å². The second kappa shape index (κ2) is 6.10. The lowest BCUT2D eigenvalue weighted by molar-refractivity contribution is -0.0269. The van der Waals surface area contributed by atoms with E-state index in [2.05, 4.69) is 23.7 Å². The fourth-order valence-electron chi connectivity index (χ4n) is 3.82. The lowest BCUT2D eigenvalue weighted by Gasteiger charge is -2.44. The van der Waals surface area contributed by atoms with Crippen molar-refractivity contribution in [2.75, 3.05) is 18.8 Å². The Morgan fingerprint density at radius 3 is 2.45 bits per heavy atom. The van der Waals surface area contributed by atoms with Crippen LogP contribution in [0.3, 0.4) is 0 Å². The molecule has 0 aromatic carbocycles. The van der Waals surface area contributed by atoms with Crippen molar-refractivity contribution in [3.63, 3.8) is 0 Å². The third-order valence-electron chi connectivity index (χ3n) is 4.88. The molecule has 0 radical (unpaired) electrons. The maximum Gasteiger partial charge on any atom is 0.129 e. The third kappa shape index (κ3) is 2.42. The first kappa shape index (κ1) is 15.3. The summed E-state index contributed by atoms with van der Waals surface area (Å²) < 4.78 is 0. The van der Waals surface area contributed by atoms with Crippen LogP contribution in [0.15, 0.2) is 12.3 Å². The summed E-state index contributed by atoms with van der Waals surface area (Å²) in [4.78, 5) is 6.57. The second-order valence-corrected chi connectivity index (χ2v) is 5.81. The van der Waals surface area contributed by atoms with Gasteiger partial charge in [-0.3, -0.25) is 4.90 Å². The monoisotopic (exact) mass is 277 g/mol.